The van der Waals surface area contributed by atoms with Crippen molar-refractivity contribution in [1.29, 1.82) is 0 Å². The van der Waals surface area contributed by atoms with Crippen LogP contribution in [0.2, 0.25) is 0 Å². The molecule has 1 unspecified atom stereocenters. The highest BCUT2D eigenvalue weighted by atomic mass is 16.1. The van der Waals surface area contributed by atoms with E-state index >= 15 is 0 Å². The van der Waals surface area contributed by atoms with E-state index in [2.05, 4.69) is 30.7 Å². The molecule has 9 heteroatoms. The van der Waals surface area contributed by atoms with Crippen molar-refractivity contribution in [2.24, 2.45) is 5.73 Å². The Morgan fingerprint density at radius 3 is 2.68 bits per heavy atom. The number of hydrogen-bond acceptors (Lipinski definition) is 7. The molecular weight excluding hydrogens is 248 g/mol. The van der Waals surface area contributed by atoms with Crippen LogP contribution >= 0.6 is 0 Å². The molecule has 0 radical (unpaired) electrons. The van der Waals surface area contributed by atoms with Crippen molar-refractivity contribution in [3.8, 4) is 5.95 Å². The summed E-state index contributed by atoms with van der Waals surface area (Å²) in [5, 5.41) is 9.65. The van der Waals surface area contributed by atoms with Crippen molar-refractivity contribution in [3.63, 3.8) is 0 Å². The Morgan fingerprint density at radius 2 is 2.11 bits per heavy atom. The number of nitrogens with zero attached hydrogens (tertiary/aromatic N) is 5. The monoisotopic (exact) mass is 262 g/mol. The van der Waals surface area contributed by atoms with Gasteiger partial charge in [0.1, 0.15) is 6.04 Å². The third-order valence-corrected chi connectivity index (χ3v) is 2.33. The standard InChI is InChI=1S/C10H14N8O/c1-6(7(11)19)14-9-15-8(12-2)16-10(17-9)18-5-3-4-13-18/h3-6H,1-2H3,(H2,11,19)(H2,12,14,15,16,17). The lowest BCUT2D eigenvalue weighted by molar-refractivity contribution is -0.118. The number of anilines is 2. The molecule has 9 nitrogen and oxygen atoms in total. The van der Waals surface area contributed by atoms with Crippen LogP contribution in [0.5, 0.6) is 0 Å². The van der Waals surface area contributed by atoms with Gasteiger partial charge in [0.2, 0.25) is 17.8 Å². The van der Waals surface area contributed by atoms with Gasteiger partial charge in [-0.3, -0.25) is 4.79 Å². The number of carbonyl (C=O) groups is 1. The Hall–Kier alpha value is -2.71. The molecule has 2 aromatic heterocycles. The van der Waals surface area contributed by atoms with Crippen molar-refractivity contribution < 1.29 is 4.79 Å². The highest BCUT2D eigenvalue weighted by Crippen LogP contribution is 2.09. The van der Waals surface area contributed by atoms with E-state index in [1.54, 1.807) is 32.4 Å². The van der Waals surface area contributed by atoms with Gasteiger partial charge in [0.25, 0.3) is 5.95 Å². The average molecular weight is 262 g/mol. The van der Waals surface area contributed by atoms with E-state index in [1.807, 2.05) is 0 Å². The van der Waals surface area contributed by atoms with Gasteiger partial charge in [-0.1, -0.05) is 0 Å². The average Bonchev–Trinajstić information content (AvgIpc) is 2.92. The highest BCUT2D eigenvalue weighted by molar-refractivity contribution is 5.81. The first-order chi connectivity index (χ1) is 9.10. The van der Waals surface area contributed by atoms with E-state index in [1.165, 1.54) is 4.68 Å². The van der Waals surface area contributed by atoms with Crippen LogP contribution in [0.1, 0.15) is 6.92 Å². The van der Waals surface area contributed by atoms with Crippen LogP contribution in [-0.2, 0) is 4.79 Å². The van der Waals surface area contributed by atoms with Crippen molar-refractivity contribution in [3.05, 3.63) is 18.5 Å². The molecule has 1 amide bonds. The van der Waals surface area contributed by atoms with Gasteiger partial charge in [-0.25, -0.2) is 4.68 Å². The number of hydrogen-bond donors (Lipinski definition) is 3. The Kier molecular flexibility index (Phi) is 3.55. The Labute approximate surface area is 109 Å². The van der Waals surface area contributed by atoms with Gasteiger partial charge in [-0.2, -0.15) is 20.1 Å². The summed E-state index contributed by atoms with van der Waals surface area (Å²) in [6, 6.07) is 1.17. The summed E-state index contributed by atoms with van der Waals surface area (Å²) in [7, 11) is 1.68. The molecule has 1 atom stereocenters. The van der Waals surface area contributed by atoms with E-state index in [9.17, 15) is 4.79 Å². The Bertz CT molecular complexity index is 567. The minimum atomic E-state index is -0.586. The van der Waals surface area contributed by atoms with Crippen molar-refractivity contribution in [2.45, 2.75) is 13.0 Å². The minimum Gasteiger partial charge on any atom is -0.368 e. The third kappa shape index (κ3) is 2.94. The fourth-order valence-corrected chi connectivity index (χ4v) is 1.30. The molecule has 0 aliphatic carbocycles. The lowest BCUT2D eigenvalue weighted by Gasteiger charge is -2.11. The molecule has 0 saturated carbocycles. The van der Waals surface area contributed by atoms with Crippen LogP contribution in [0.25, 0.3) is 5.95 Å². The molecule has 0 aromatic carbocycles. The van der Waals surface area contributed by atoms with E-state index in [4.69, 9.17) is 5.73 Å². The fourth-order valence-electron chi connectivity index (χ4n) is 1.30. The van der Waals surface area contributed by atoms with E-state index in [-0.39, 0.29) is 5.95 Å². The zero-order valence-electron chi connectivity index (χ0n) is 10.5. The number of primary amides is 1. The zero-order chi connectivity index (χ0) is 13.8. The number of nitrogens with one attached hydrogen (secondary N) is 2. The largest absolute Gasteiger partial charge is 0.368 e. The molecule has 0 aliphatic rings. The molecule has 0 bridgehead atoms. The molecule has 0 spiro atoms. The van der Waals surface area contributed by atoms with Crippen LogP contribution < -0.4 is 16.4 Å². The highest BCUT2D eigenvalue weighted by Gasteiger charge is 2.13. The number of nitrogens with two attached hydrogens (primary N) is 1. The van der Waals surface area contributed by atoms with Crippen molar-refractivity contribution in [2.75, 3.05) is 17.7 Å². The summed E-state index contributed by atoms with van der Waals surface area (Å²) in [5.74, 6) is 0.450. The predicted octanol–water partition coefficient (Wildman–Crippen LogP) is -0.615. The molecule has 0 fully saturated rings. The second kappa shape index (κ2) is 5.29. The van der Waals surface area contributed by atoms with E-state index < -0.39 is 11.9 Å². The van der Waals surface area contributed by atoms with Crippen molar-refractivity contribution >= 4 is 17.8 Å². The van der Waals surface area contributed by atoms with Gasteiger partial charge >= 0.3 is 0 Å². The molecule has 2 heterocycles. The van der Waals surface area contributed by atoms with E-state index in [0.29, 0.717) is 11.9 Å². The molecule has 100 valence electrons. The Morgan fingerprint density at radius 1 is 1.37 bits per heavy atom. The summed E-state index contributed by atoms with van der Waals surface area (Å²) in [4.78, 5) is 23.4. The topological polar surface area (TPSA) is 124 Å². The lowest BCUT2D eigenvalue weighted by Crippen LogP contribution is -2.33. The minimum absolute atomic E-state index is 0.246. The maximum atomic E-state index is 11.0. The predicted molar refractivity (Wildman–Crippen MR) is 68.8 cm³/mol. The zero-order valence-corrected chi connectivity index (χ0v) is 10.5. The van der Waals surface area contributed by atoms with Crippen LogP contribution in [0, 0.1) is 0 Å². The van der Waals surface area contributed by atoms with Gasteiger partial charge in [0, 0.05) is 19.4 Å². The summed E-state index contributed by atoms with van der Waals surface area (Å²) >= 11 is 0. The van der Waals surface area contributed by atoms with Gasteiger partial charge < -0.3 is 16.4 Å². The summed E-state index contributed by atoms with van der Waals surface area (Å²) in [5.41, 5.74) is 5.18. The van der Waals surface area contributed by atoms with Crippen LogP contribution in [-0.4, -0.2) is 43.7 Å². The van der Waals surface area contributed by atoms with Gasteiger partial charge in [0.05, 0.1) is 0 Å². The molecule has 0 saturated heterocycles. The van der Waals surface area contributed by atoms with E-state index in [0.717, 1.165) is 0 Å². The van der Waals surface area contributed by atoms with Gasteiger partial charge in [-0.15, -0.1) is 0 Å². The van der Waals surface area contributed by atoms with Crippen LogP contribution in [0.15, 0.2) is 18.5 Å². The smallest absolute Gasteiger partial charge is 0.257 e. The lowest BCUT2D eigenvalue weighted by atomic mass is 10.3. The number of rotatable bonds is 5. The molecule has 2 rings (SSSR count). The Balaban J connectivity index is 2.34. The number of amides is 1. The first-order valence-electron chi connectivity index (χ1n) is 5.60. The number of aromatic nitrogens is 5. The van der Waals surface area contributed by atoms with Crippen molar-refractivity contribution in [1.82, 2.24) is 24.7 Å². The van der Waals surface area contributed by atoms with Gasteiger partial charge in [0.15, 0.2) is 0 Å². The van der Waals surface area contributed by atoms with Crippen LogP contribution in [0.3, 0.4) is 0 Å². The number of carbonyl (C=O) groups excluding carboxylic acids is 1. The maximum Gasteiger partial charge on any atom is 0.257 e. The second-order valence-electron chi connectivity index (χ2n) is 3.75. The first-order valence-corrected chi connectivity index (χ1v) is 5.60. The summed E-state index contributed by atoms with van der Waals surface area (Å²) in [6.45, 7) is 1.62. The third-order valence-electron chi connectivity index (χ3n) is 2.33. The first kappa shape index (κ1) is 12.7. The maximum absolute atomic E-state index is 11.0. The molecular formula is C10H14N8O. The molecule has 19 heavy (non-hydrogen) atoms. The second-order valence-corrected chi connectivity index (χ2v) is 3.75. The van der Waals surface area contributed by atoms with Gasteiger partial charge in [-0.05, 0) is 13.0 Å². The quantitative estimate of drug-likeness (QED) is 0.656. The summed E-state index contributed by atoms with van der Waals surface area (Å²) in [6.07, 6.45) is 3.32. The fraction of sp³-hybridized carbons (Fsp3) is 0.300. The molecule has 0 aliphatic heterocycles. The molecule has 4 N–H and O–H groups in total. The SMILES string of the molecule is CNc1nc(NC(C)C(N)=O)nc(-n2cccn2)n1. The summed E-state index contributed by atoms with van der Waals surface area (Å²) < 4.78 is 1.49. The van der Waals surface area contributed by atoms with Crippen LogP contribution in [0.4, 0.5) is 11.9 Å². The molecule has 2 aromatic rings. The normalized spacial score (nSPS) is 11.9.